The number of nitrogens with one attached hydrogen (secondary N) is 2. The van der Waals surface area contributed by atoms with Crippen molar-refractivity contribution < 1.29 is 0 Å². The fourth-order valence-corrected chi connectivity index (χ4v) is 5.56. The predicted molar refractivity (Wildman–Crippen MR) is 130 cm³/mol. The van der Waals surface area contributed by atoms with Crippen molar-refractivity contribution >= 4 is 41.7 Å². The fraction of sp³-hybridized carbons (Fsp3) is 0.571. The van der Waals surface area contributed by atoms with Gasteiger partial charge in [0.25, 0.3) is 0 Å². The summed E-state index contributed by atoms with van der Waals surface area (Å²) in [6.07, 6.45) is 8.76. The summed E-state index contributed by atoms with van der Waals surface area (Å²) in [6, 6.07) is 11.1. The molecule has 2 N–H and O–H groups in total. The summed E-state index contributed by atoms with van der Waals surface area (Å²) in [5.41, 5.74) is 0. The number of halogens is 1. The van der Waals surface area contributed by atoms with Crippen molar-refractivity contribution in [3.05, 3.63) is 42.5 Å². The van der Waals surface area contributed by atoms with Crippen LogP contribution in [0.1, 0.15) is 44.9 Å². The van der Waals surface area contributed by atoms with Crippen LogP contribution >= 0.6 is 35.7 Å². The van der Waals surface area contributed by atoms with E-state index in [1.807, 2.05) is 16.4 Å². The summed E-state index contributed by atoms with van der Waals surface area (Å²) < 4.78 is 2.23. The van der Waals surface area contributed by atoms with Crippen molar-refractivity contribution in [2.75, 3.05) is 13.1 Å². The highest BCUT2D eigenvalue weighted by Crippen LogP contribution is 2.45. The summed E-state index contributed by atoms with van der Waals surface area (Å²) in [5.74, 6) is 2.01. The molecule has 0 amide bonds. The Kier molecular flexibility index (Phi) is 8.23. The first-order valence-electron chi connectivity index (χ1n) is 10.4. The van der Waals surface area contributed by atoms with Gasteiger partial charge in [0.05, 0.1) is 13.1 Å². The summed E-state index contributed by atoms with van der Waals surface area (Å²) in [7, 11) is 0. The number of nitrogens with zero attached hydrogens (tertiary/aromatic N) is 4. The highest BCUT2D eigenvalue weighted by Gasteiger charge is 2.35. The zero-order valence-corrected chi connectivity index (χ0v) is 20.2. The van der Waals surface area contributed by atoms with Crippen molar-refractivity contribution in [1.29, 1.82) is 0 Å². The Bertz CT molecular complexity index is 787. The van der Waals surface area contributed by atoms with E-state index in [0.717, 1.165) is 44.3 Å². The van der Waals surface area contributed by atoms with Crippen molar-refractivity contribution in [2.24, 2.45) is 4.99 Å². The third-order valence-corrected chi connectivity index (χ3v) is 7.09. The molecule has 8 heteroatoms. The fourth-order valence-electron chi connectivity index (χ4n) is 4.14. The van der Waals surface area contributed by atoms with Gasteiger partial charge in [-0.2, -0.15) is 5.10 Å². The first-order chi connectivity index (χ1) is 13.8. The molecule has 1 atom stereocenters. The van der Waals surface area contributed by atoms with E-state index in [9.17, 15) is 0 Å². The van der Waals surface area contributed by atoms with E-state index in [0.29, 0.717) is 6.04 Å². The van der Waals surface area contributed by atoms with Crippen LogP contribution in [-0.4, -0.2) is 44.6 Å². The lowest BCUT2D eigenvalue weighted by Crippen LogP contribution is -2.47. The van der Waals surface area contributed by atoms with Crippen molar-refractivity contribution in [1.82, 2.24) is 25.4 Å². The SMILES string of the molecule is CCNC(=NCC1(Sc2ccccc2)CCCC1)NC1CCc2ncnn2C1.I. The highest BCUT2D eigenvalue weighted by molar-refractivity contribution is 14.0. The van der Waals surface area contributed by atoms with Gasteiger partial charge in [-0.3, -0.25) is 4.99 Å². The van der Waals surface area contributed by atoms with E-state index < -0.39 is 0 Å². The number of hydrogen-bond acceptors (Lipinski definition) is 4. The Morgan fingerprint density at radius 1 is 1.28 bits per heavy atom. The quantitative estimate of drug-likeness (QED) is 0.340. The molecule has 2 heterocycles. The van der Waals surface area contributed by atoms with E-state index >= 15 is 0 Å². The number of hydrogen-bond donors (Lipinski definition) is 2. The molecule has 2 aromatic rings. The Hall–Kier alpha value is -1.29. The molecule has 0 spiro atoms. The van der Waals surface area contributed by atoms with E-state index in [1.54, 1.807) is 6.33 Å². The minimum absolute atomic E-state index is 0. The van der Waals surface area contributed by atoms with Crippen LogP contribution in [0, 0.1) is 0 Å². The number of guanidine groups is 1. The third-order valence-electron chi connectivity index (χ3n) is 5.61. The van der Waals surface area contributed by atoms with Crippen LogP contribution in [0.15, 0.2) is 46.5 Å². The van der Waals surface area contributed by atoms with Gasteiger partial charge in [-0.1, -0.05) is 31.0 Å². The maximum Gasteiger partial charge on any atom is 0.191 e. The van der Waals surface area contributed by atoms with Gasteiger partial charge in [0.1, 0.15) is 12.2 Å². The molecule has 1 aliphatic heterocycles. The van der Waals surface area contributed by atoms with E-state index in [2.05, 4.69) is 58.0 Å². The minimum atomic E-state index is 0. The summed E-state index contributed by atoms with van der Waals surface area (Å²) in [6.45, 7) is 4.69. The average molecular weight is 526 g/mol. The van der Waals surface area contributed by atoms with Crippen LogP contribution in [0.4, 0.5) is 0 Å². The molecule has 0 saturated heterocycles. The molecule has 1 saturated carbocycles. The van der Waals surface area contributed by atoms with E-state index in [-0.39, 0.29) is 28.7 Å². The van der Waals surface area contributed by atoms with Crippen LogP contribution < -0.4 is 10.6 Å². The van der Waals surface area contributed by atoms with Gasteiger partial charge in [0.15, 0.2) is 5.96 Å². The summed E-state index contributed by atoms with van der Waals surface area (Å²) in [5, 5.41) is 11.4. The van der Waals surface area contributed by atoms with Crippen molar-refractivity contribution in [2.45, 2.75) is 67.7 Å². The number of benzene rings is 1. The normalized spacial score (nSPS) is 20.6. The lowest BCUT2D eigenvalue weighted by atomic mass is 10.1. The monoisotopic (exact) mass is 526 g/mol. The zero-order chi connectivity index (χ0) is 19.2. The van der Waals surface area contributed by atoms with Crippen molar-refractivity contribution in [3.63, 3.8) is 0 Å². The molecule has 0 radical (unpaired) electrons. The number of fused-ring (bicyclic) bond motifs is 1. The van der Waals surface area contributed by atoms with Gasteiger partial charge in [-0.05, 0) is 38.3 Å². The molecule has 1 aliphatic carbocycles. The Morgan fingerprint density at radius 2 is 2.07 bits per heavy atom. The van der Waals surface area contributed by atoms with Crippen LogP contribution in [0.2, 0.25) is 0 Å². The Balaban J connectivity index is 0.00000240. The molecule has 2 aliphatic rings. The maximum atomic E-state index is 5.03. The van der Waals surface area contributed by atoms with Crippen LogP contribution in [0.3, 0.4) is 0 Å². The van der Waals surface area contributed by atoms with E-state index in [1.165, 1.54) is 30.6 Å². The topological polar surface area (TPSA) is 67.1 Å². The van der Waals surface area contributed by atoms with Crippen molar-refractivity contribution in [3.8, 4) is 0 Å². The number of aliphatic imine (C=N–C) groups is 1. The van der Waals surface area contributed by atoms with E-state index in [4.69, 9.17) is 4.99 Å². The first kappa shape index (κ1) is 22.4. The molecule has 1 unspecified atom stereocenters. The van der Waals surface area contributed by atoms with Crippen LogP contribution in [-0.2, 0) is 13.0 Å². The van der Waals surface area contributed by atoms with Gasteiger partial charge in [-0.15, -0.1) is 35.7 Å². The predicted octanol–water partition coefficient (Wildman–Crippen LogP) is 3.87. The zero-order valence-electron chi connectivity index (χ0n) is 17.0. The summed E-state index contributed by atoms with van der Waals surface area (Å²) in [4.78, 5) is 10.7. The lowest BCUT2D eigenvalue weighted by molar-refractivity contribution is 0.392. The second kappa shape index (κ2) is 10.7. The minimum Gasteiger partial charge on any atom is -0.357 e. The number of rotatable bonds is 6. The standard InChI is InChI=1S/C21H30N6S.HI/c1-2-22-20(26-17-10-11-19-24-16-25-27(19)14-17)23-15-21(12-6-7-13-21)28-18-8-4-3-5-9-18;/h3-5,8-9,16-17H,2,6-7,10-15H2,1H3,(H2,22,23,26);1H. The molecule has 0 bridgehead atoms. The number of aromatic nitrogens is 3. The lowest BCUT2D eigenvalue weighted by Gasteiger charge is -2.28. The number of aryl methyl sites for hydroxylation is 1. The average Bonchev–Trinajstić information content (AvgIpc) is 3.37. The second-order valence-corrected chi connectivity index (χ2v) is 9.28. The van der Waals surface area contributed by atoms with Gasteiger partial charge in [-0.25, -0.2) is 9.67 Å². The maximum absolute atomic E-state index is 5.03. The Labute approximate surface area is 194 Å². The molecule has 29 heavy (non-hydrogen) atoms. The highest BCUT2D eigenvalue weighted by atomic mass is 127. The molecule has 4 rings (SSSR count). The summed E-state index contributed by atoms with van der Waals surface area (Å²) >= 11 is 2.01. The molecular weight excluding hydrogens is 495 g/mol. The third kappa shape index (κ3) is 5.87. The smallest absolute Gasteiger partial charge is 0.191 e. The van der Waals surface area contributed by atoms with Gasteiger partial charge >= 0.3 is 0 Å². The van der Waals surface area contributed by atoms with Gasteiger partial charge < -0.3 is 10.6 Å². The Morgan fingerprint density at radius 3 is 2.83 bits per heavy atom. The van der Waals surface area contributed by atoms with Gasteiger partial charge in [0, 0.05) is 28.6 Å². The molecular formula is C21H31IN6S. The van der Waals surface area contributed by atoms with Crippen LogP contribution in [0.25, 0.3) is 0 Å². The second-order valence-electron chi connectivity index (χ2n) is 7.74. The first-order valence-corrected chi connectivity index (χ1v) is 11.2. The van der Waals surface area contributed by atoms with Crippen LogP contribution in [0.5, 0.6) is 0 Å². The largest absolute Gasteiger partial charge is 0.357 e. The molecule has 1 fully saturated rings. The molecule has 6 nitrogen and oxygen atoms in total. The molecule has 1 aromatic heterocycles. The molecule has 158 valence electrons. The van der Waals surface area contributed by atoms with Gasteiger partial charge in [0.2, 0.25) is 0 Å². The number of thioether (sulfide) groups is 1. The molecule has 1 aromatic carbocycles.